The van der Waals surface area contributed by atoms with Crippen LogP contribution >= 0.6 is 11.3 Å². The van der Waals surface area contributed by atoms with Crippen LogP contribution in [0.4, 0.5) is 8.78 Å². The quantitative estimate of drug-likeness (QED) is 0.408. The van der Waals surface area contributed by atoms with Crippen molar-refractivity contribution in [2.24, 2.45) is 0 Å². The Labute approximate surface area is 201 Å². The van der Waals surface area contributed by atoms with Gasteiger partial charge in [-0.2, -0.15) is 8.78 Å². The number of halogens is 2. The highest BCUT2D eigenvalue weighted by Gasteiger charge is 2.25. The van der Waals surface area contributed by atoms with Crippen LogP contribution in [0.2, 0.25) is 0 Å². The van der Waals surface area contributed by atoms with Gasteiger partial charge >= 0.3 is 6.61 Å². The first kappa shape index (κ1) is 24.1. The number of alkyl halides is 2. The number of thiazole rings is 1. The molecule has 34 heavy (non-hydrogen) atoms. The van der Waals surface area contributed by atoms with Gasteiger partial charge in [0.25, 0.3) is 0 Å². The molecule has 1 unspecified atom stereocenters. The Morgan fingerprint density at radius 2 is 1.91 bits per heavy atom. The minimum absolute atomic E-state index is 0.0290. The van der Waals surface area contributed by atoms with Gasteiger partial charge in [-0.3, -0.25) is 9.69 Å². The van der Waals surface area contributed by atoms with Crippen molar-refractivity contribution in [1.29, 1.82) is 0 Å². The number of piperazine rings is 1. The van der Waals surface area contributed by atoms with Crippen molar-refractivity contribution in [1.82, 2.24) is 14.8 Å². The molecule has 6 nitrogen and oxygen atoms in total. The Bertz CT molecular complexity index is 1130. The van der Waals surface area contributed by atoms with E-state index < -0.39 is 6.61 Å². The maximum atomic E-state index is 12.7. The average molecular weight is 488 g/mol. The Hall–Kier alpha value is -3.04. The monoisotopic (exact) mass is 487 g/mol. The summed E-state index contributed by atoms with van der Waals surface area (Å²) in [5, 5.41) is 1.09. The van der Waals surface area contributed by atoms with Crippen LogP contribution in [0.5, 0.6) is 11.5 Å². The van der Waals surface area contributed by atoms with Crippen LogP contribution in [-0.2, 0) is 4.79 Å². The summed E-state index contributed by atoms with van der Waals surface area (Å²) in [6.07, 6.45) is 3.17. The second-order valence-electron chi connectivity index (χ2n) is 7.91. The van der Waals surface area contributed by atoms with Crippen molar-refractivity contribution >= 4 is 33.5 Å². The fraction of sp³-hybridized carbons (Fsp3) is 0.360. The van der Waals surface area contributed by atoms with Crippen LogP contribution in [0.25, 0.3) is 16.3 Å². The molecule has 1 fully saturated rings. The molecule has 3 aromatic rings. The first-order valence-corrected chi connectivity index (χ1v) is 12.0. The van der Waals surface area contributed by atoms with Crippen LogP contribution in [0.3, 0.4) is 0 Å². The van der Waals surface area contributed by atoms with Gasteiger partial charge in [0, 0.05) is 32.3 Å². The molecule has 180 valence electrons. The molecule has 2 aromatic carbocycles. The molecule has 1 aromatic heterocycles. The maximum Gasteiger partial charge on any atom is 0.387 e. The number of aromatic nitrogens is 1. The smallest absolute Gasteiger partial charge is 0.387 e. The van der Waals surface area contributed by atoms with E-state index in [4.69, 9.17) is 9.72 Å². The molecule has 1 aliphatic heterocycles. The van der Waals surface area contributed by atoms with E-state index in [0.29, 0.717) is 25.3 Å². The number of para-hydroxylation sites is 1. The van der Waals surface area contributed by atoms with Crippen LogP contribution in [0.15, 0.2) is 48.5 Å². The third-order valence-electron chi connectivity index (χ3n) is 5.74. The molecular weight excluding hydrogens is 460 g/mol. The number of nitrogens with zero attached hydrogens (tertiary/aromatic N) is 3. The van der Waals surface area contributed by atoms with Crippen molar-refractivity contribution in [2.75, 3.05) is 32.8 Å². The van der Waals surface area contributed by atoms with Gasteiger partial charge < -0.3 is 14.4 Å². The third kappa shape index (κ3) is 5.71. The summed E-state index contributed by atoms with van der Waals surface area (Å²) < 4.78 is 36.2. The summed E-state index contributed by atoms with van der Waals surface area (Å²) in [5.74, 6) is 0.103. The Balaban J connectivity index is 1.34. The molecule has 1 aliphatic rings. The number of carbonyl (C=O) groups is 1. The number of fused-ring (bicyclic) bond motifs is 1. The fourth-order valence-corrected chi connectivity index (χ4v) is 4.97. The van der Waals surface area contributed by atoms with Crippen molar-refractivity contribution in [3.8, 4) is 11.5 Å². The topological polar surface area (TPSA) is 54.9 Å². The second kappa shape index (κ2) is 10.9. The Morgan fingerprint density at radius 1 is 1.15 bits per heavy atom. The molecule has 1 amide bonds. The van der Waals surface area contributed by atoms with Gasteiger partial charge in [0.2, 0.25) is 5.91 Å². The number of ether oxygens (including phenoxy) is 2. The summed E-state index contributed by atoms with van der Waals surface area (Å²) in [5.41, 5.74) is 1.69. The maximum absolute atomic E-state index is 12.7. The normalized spacial score (nSPS) is 15.9. The van der Waals surface area contributed by atoms with Crippen molar-refractivity contribution in [2.45, 2.75) is 26.5 Å². The van der Waals surface area contributed by atoms with E-state index >= 15 is 0 Å². The van der Waals surface area contributed by atoms with Crippen molar-refractivity contribution in [3.63, 3.8) is 0 Å². The minimum atomic E-state index is -2.93. The molecule has 0 radical (unpaired) electrons. The van der Waals surface area contributed by atoms with Gasteiger partial charge in [-0.15, -0.1) is 11.3 Å². The molecule has 2 heterocycles. The zero-order valence-electron chi connectivity index (χ0n) is 19.1. The molecule has 0 bridgehead atoms. The highest BCUT2D eigenvalue weighted by atomic mass is 32.1. The van der Waals surface area contributed by atoms with Gasteiger partial charge in [-0.1, -0.05) is 18.2 Å². The molecule has 1 atom stereocenters. The lowest BCUT2D eigenvalue weighted by Gasteiger charge is -2.37. The van der Waals surface area contributed by atoms with Crippen LogP contribution < -0.4 is 9.47 Å². The summed E-state index contributed by atoms with van der Waals surface area (Å²) >= 11 is 1.72. The van der Waals surface area contributed by atoms with Gasteiger partial charge in [0.15, 0.2) is 11.5 Å². The SMILES string of the molecule is CCOc1cc(/C=C/C(=O)N2CCN(C(C)c3nc4ccccc4s3)CC2)ccc1OC(F)F. The van der Waals surface area contributed by atoms with E-state index in [1.165, 1.54) is 16.8 Å². The van der Waals surface area contributed by atoms with Crippen LogP contribution in [-0.4, -0.2) is 60.1 Å². The van der Waals surface area contributed by atoms with Crippen molar-refractivity contribution in [3.05, 3.63) is 59.1 Å². The van der Waals surface area contributed by atoms with E-state index in [9.17, 15) is 13.6 Å². The number of hydrogen-bond donors (Lipinski definition) is 0. The van der Waals surface area contributed by atoms with E-state index in [1.54, 1.807) is 36.5 Å². The summed E-state index contributed by atoms with van der Waals surface area (Å²) in [4.78, 5) is 21.6. The molecule has 1 saturated heterocycles. The third-order valence-corrected chi connectivity index (χ3v) is 6.95. The van der Waals surface area contributed by atoms with Gasteiger partial charge in [0.1, 0.15) is 5.01 Å². The van der Waals surface area contributed by atoms with Crippen molar-refractivity contribution < 1.29 is 23.0 Å². The van der Waals surface area contributed by atoms with Gasteiger partial charge in [-0.05, 0) is 49.8 Å². The fourth-order valence-electron chi connectivity index (χ4n) is 3.92. The number of benzene rings is 2. The average Bonchev–Trinajstić information content (AvgIpc) is 3.28. The highest BCUT2D eigenvalue weighted by Crippen LogP contribution is 2.31. The predicted molar refractivity (Wildman–Crippen MR) is 129 cm³/mol. The van der Waals surface area contributed by atoms with Gasteiger partial charge in [0.05, 0.1) is 22.9 Å². The molecule has 0 N–H and O–H groups in total. The molecular formula is C25H27F2N3O3S. The standard InChI is InChI=1S/C25H27F2N3O3S/c1-3-32-21-16-18(8-10-20(21)33-25(26)27)9-11-23(31)30-14-12-29(13-15-30)17(2)24-28-19-6-4-5-7-22(19)34-24/h4-11,16-17,25H,3,12-15H2,1-2H3/b11-9+. The summed E-state index contributed by atoms with van der Waals surface area (Å²) in [7, 11) is 0. The Kier molecular flexibility index (Phi) is 7.74. The lowest BCUT2D eigenvalue weighted by atomic mass is 10.1. The highest BCUT2D eigenvalue weighted by molar-refractivity contribution is 7.18. The molecule has 9 heteroatoms. The summed E-state index contributed by atoms with van der Waals surface area (Å²) in [6.45, 7) is 4.09. The van der Waals surface area contributed by atoms with E-state index in [-0.39, 0.29) is 23.4 Å². The van der Waals surface area contributed by atoms with E-state index in [1.807, 2.05) is 23.1 Å². The minimum Gasteiger partial charge on any atom is -0.490 e. The largest absolute Gasteiger partial charge is 0.490 e. The van der Waals surface area contributed by atoms with E-state index in [0.717, 1.165) is 23.6 Å². The molecule has 4 rings (SSSR count). The molecule has 0 saturated carbocycles. The first-order chi connectivity index (χ1) is 16.4. The zero-order valence-corrected chi connectivity index (χ0v) is 19.9. The zero-order chi connectivity index (χ0) is 24.1. The summed E-state index contributed by atoms with van der Waals surface area (Å²) in [6, 6.07) is 12.9. The molecule has 0 spiro atoms. The molecule has 0 aliphatic carbocycles. The number of rotatable bonds is 8. The second-order valence-corrected chi connectivity index (χ2v) is 8.97. The predicted octanol–water partition coefficient (Wildman–Crippen LogP) is 5.22. The van der Waals surface area contributed by atoms with E-state index in [2.05, 4.69) is 22.6 Å². The van der Waals surface area contributed by atoms with Crippen LogP contribution in [0.1, 0.15) is 30.5 Å². The lowest BCUT2D eigenvalue weighted by Crippen LogP contribution is -2.48. The lowest BCUT2D eigenvalue weighted by molar-refractivity contribution is -0.127. The van der Waals surface area contributed by atoms with Gasteiger partial charge in [-0.25, -0.2) is 4.98 Å². The first-order valence-electron chi connectivity index (χ1n) is 11.2. The Morgan fingerprint density at radius 3 is 2.62 bits per heavy atom. The number of amides is 1. The number of carbonyl (C=O) groups excluding carboxylic acids is 1. The number of hydrogen-bond acceptors (Lipinski definition) is 6. The van der Waals surface area contributed by atoms with Crippen LogP contribution in [0, 0.1) is 0 Å².